The normalized spacial score (nSPS) is 12.7. The van der Waals surface area contributed by atoms with E-state index in [0.29, 0.717) is 6.54 Å². The maximum atomic E-state index is 10.9. The first-order valence-electron chi connectivity index (χ1n) is 5.36. The van der Waals surface area contributed by atoms with E-state index < -0.39 is 0 Å². The number of nitrogens with zero attached hydrogens (tertiary/aromatic N) is 1. The van der Waals surface area contributed by atoms with E-state index in [-0.39, 0.29) is 24.2 Å². The highest BCUT2D eigenvalue weighted by atomic mass is 16.3. The average molecular weight is 222 g/mol. The smallest absolute Gasteiger partial charge is 0.231 e. The highest BCUT2D eigenvalue weighted by molar-refractivity contribution is 5.76. The molecule has 88 valence electrons. The molecule has 0 aromatic heterocycles. The van der Waals surface area contributed by atoms with Crippen LogP contribution >= 0.6 is 0 Å². The highest BCUT2D eigenvalue weighted by Gasteiger charge is 2.18. The van der Waals surface area contributed by atoms with Gasteiger partial charge >= 0.3 is 0 Å². The lowest BCUT2D eigenvalue weighted by Gasteiger charge is -2.27. The summed E-state index contributed by atoms with van der Waals surface area (Å²) in [5, 5.41) is 9.72. The van der Waals surface area contributed by atoms with Crippen molar-refractivity contribution in [3.63, 3.8) is 0 Å². The third-order valence-electron chi connectivity index (χ3n) is 2.70. The Morgan fingerprint density at radius 2 is 2.12 bits per heavy atom. The summed E-state index contributed by atoms with van der Waals surface area (Å²) >= 11 is 0. The molecular weight excluding hydrogens is 204 g/mol. The number of aromatic hydroxyl groups is 1. The van der Waals surface area contributed by atoms with Crippen LogP contribution in [0.15, 0.2) is 24.3 Å². The van der Waals surface area contributed by atoms with E-state index in [0.717, 1.165) is 5.56 Å². The zero-order chi connectivity index (χ0) is 12.1. The van der Waals surface area contributed by atoms with Crippen LogP contribution in [0.3, 0.4) is 0 Å². The molecular formula is C12H18N2O2. The van der Waals surface area contributed by atoms with Gasteiger partial charge in [0.05, 0.1) is 6.54 Å². The van der Waals surface area contributed by atoms with Crippen molar-refractivity contribution in [3.8, 4) is 5.75 Å². The van der Waals surface area contributed by atoms with Crippen molar-refractivity contribution in [2.75, 3.05) is 13.1 Å². The fourth-order valence-corrected chi connectivity index (χ4v) is 1.76. The Balaban J connectivity index is 2.86. The lowest BCUT2D eigenvalue weighted by atomic mass is 10.1. The lowest BCUT2D eigenvalue weighted by molar-refractivity contribution is -0.119. The van der Waals surface area contributed by atoms with Crippen molar-refractivity contribution in [2.24, 2.45) is 5.73 Å². The van der Waals surface area contributed by atoms with Gasteiger partial charge in [-0.2, -0.15) is 0 Å². The summed E-state index contributed by atoms with van der Waals surface area (Å²) in [5.41, 5.74) is 5.99. The van der Waals surface area contributed by atoms with E-state index in [1.807, 2.05) is 30.9 Å². The molecule has 4 heteroatoms. The van der Waals surface area contributed by atoms with Gasteiger partial charge < -0.3 is 10.8 Å². The standard InChI is InChI=1S/C12H18N2O2/c1-3-14(8-12(13)16)9(2)10-6-4-5-7-11(10)15/h4-7,9,15H,3,8H2,1-2H3,(H2,13,16). The Morgan fingerprint density at radius 1 is 1.50 bits per heavy atom. The maximum Gasteiger partial charge on any atom is 0.231 e. The topological polar surface area (TPSA) is 66.6 Å². The maximum absolute atomic E-state index is 10.9. The number of hydrogen-bond donors (Lipinski definition) is 2. The molecule has 0 aliphatic rings. The number of amides is 1. The Morgan fingerprint density at radius 3 is 2.62 bits per heavy atom. The molecule has 0 aliphatic carbocycles. The molecule has 0 heterocycles. The van der Waals surface area contributed by atoms with E-state index in [2.05, 4.69) is 0 Å². The zero-order valence-electron chi connectivity index (χ0n) is 9.68. The minimum absolute atomic E-state index is 0.0290. The molecule has 16 heavy (non-hydrogen) atoms. The fourth-order valence-electron chi connectivity index (χ4n) is 1.76. The molecule has 1 aromatic carbocycles. The number of carbonyl (C=O) groups is 1. The van der Waals surface area contributed by atoms with Crippen LogP contribution in [-0.4, -0.2) is 29.0 Å². The lowest BCUT2D eigenvalue weighted by Crippen LogP contribution is -2.35. The SMILES string of the molecule is CCN(CC(N)=O)C(C)c1ccccc1O. The Hall–Kier alpha value is -1.55. The second kappa shape index (κ2) is 5.51. The number of phenolic OH excluding ortho intramolecular Hbond substituents is 1. The summed E-state index contributed by atoms with van der Waals surface area (Å²) in [6.07, 6.45) is 0. The van der Waals surface area contributed by atoms with E-state index in [1.54, 1.807) is 12.1 Å². The molecule has 1 atom stereocenters. The quantitative estimate of drug-likeness (QED) is 0.788. The molecule has 1 amide bonds. The van der Waals surface area contributed by atoms with Crippen LogP contribution in [0.5, 0.6) is 5.75 Å². The van der Waals surface area contributed by atoms with Gasteiger partial charge in [0.25, 0.3) is 0 Å². The van der Waals surface area contributed by atoms with E-state index in [4.69, 9.17) is 5.73 Å². The number of likely N-dealkylation sites (N-methyl/N-ethyl adjacent to an activating group) is 1. The predicted octanol–water partition coefficient (Wildman–Crippen LogP) is 1.26. The first-order valence-corrected chi connectivity index (χ1v) is 5.36. The van der Waals surface area contributed by atoms with Crippen LogP contribution in [0, 0.1) is 0 Å². The third kappa shape index (κ3) is 2.97. The highest BCUT2D eigenvalue weighted by Crippen LogP contribution is 2.27. The summed E-state index contributed by atoms with van der Waals surface area (Å²) in [4.78, 5) is 12.8. The monoisotopic (exact) mass is 222 g/mol. The van der Waals surface area contributed by atoms with Crippen LogP contribution in [0.2, 0.25) is 0 Å². The summed E-state index contributed by atoms with van der Waals surface area (Å²) < 4.78 is 0. The van der Waals surface area contributed by atoms with Gasteiger partial charge in [-0.3, -0.25) is 9.69 Å². The van der Waals surface area contributed by atoms with Gasteiger partial charge in [0.15, 0.2) is 0 Å². The molecule has 1 aromatic rings. The number of para-hydroxylation sites is 1. The number of benzene rings is 1. The average Bonchev–Trinajstić information content (AvgIpc) is 2.25. The van der Waals surface area contributed by atoms with Crippen molar-refractivity contribution in [1.29, 1.82) is 0 Å². The van der Waals surface area contributed by atoms with Crippen LogP contribution in [0.1, 0.15) is 25.5 Å². The summed E-state index contributed by atoms with van der Waals surface area (Å²) in [5.74, 6) is -0.109. The van der Waals surface area contributed by atoms with Gasteiger partial charge in [-0.15, -0.1) is 0 Å². The van der Waals surface area contributed by atoms with Gasteiger partial charge in [0.1, 0.15) is 5.75 Å². The van der Waals surface area contributed by atoms with Crippen molar-refractivity contribution in [2.45, 2.75) is 19.9 Å². The fraction of sp³-hybridized carbons (Fsp3) is 0.417. The van der Waals surface area contributed by atoms with E-state index >= 15 is 0 Å². The van der Waals surface area contributed by atoms with Gasteiger partial charge in [-0.05, 0) is 19.5 Å². The minimum atomic E-state index is -0.357. The molecule has 0 spiro atoms. The van der Waals surface area contributed by atoms with Crippen LogP contribution in [0.25, 0.3) is 0 Å². The largest absolute Gasteiger partial charge is 0.508 e. The van der Waals surface area contributed by atoms with Crippen LogP contribution in [0.4, 0.5) is 0 Å². The molecule has 0 fully saturated rings. The first-order chi connectivity index (χ1) is 7.56. The van der Waals surface area contributed by atoms with Gasteiger partial charge in [0, 0.05) is 11.6 Å². The Bertz CT molecular complexity index is 366. The van der Waals surface area contributed by atoms with Gasteiger partial charge in [-0.25, -0.2) is 0 Å². The third-order valence-corrected chi connectivity index (χ3v) is 2.70. The Labute approximate surface area is 95.7 Å². The summed E-state index contributed by atoms with van der Waals surface area (Å²) in [7, 11) is 0. The molecule has 0 saturated carbocycles. The second-order valence-corrected chi connectivity index (χ2v) is 3.76. The molecule has 1 unspecified atom stereocenters. The number of primary amides is 1. The van der Waals surface area contributed by atoms with E-state index in [9.17, 15) is 9.90 Å². The van der Waals surface area contributed by atoms with Crippen LogP contribution in [-0.2, 0) is 4.79 Å². The molecule has 0 aliphatic heterocycles. The number of hydrogen-bond acceptors (Lipinski definition) is 3. The summed E-state index contributed by atoms with van der Waals surface area (Å²) in [6.45, 7) is 4.81. The molecule has 4 nitrogen and oxygen atoms in total. The molecule has 0 saturated heterocycles. The van der Waals surface area contributed by atoms with Gasteiger partial charge in [-0.1, -0.05) is 25.1 Å². The first kappa shape index (κ1) is 12.5. The number of rotatable bonds is 5. The molecule has 1 rings (SSSR count). The van der Waals surface area contributed by atoms with Crippen molar-refractivity contribution < 1.29 is 9.90 Å². The van der Waals surface area contributed by atoms with Gasteiger partial charge in [0.2, 0.25) is 5.91 Å². The number of carbonyl (C=O) groups excluding carboxylic acids is 1. The predicted molar refractivity (Wildman–Crippen MR) is 63.0 cm³/mol. The molecule has 3 N–H and O–H groups in total. The molecule has 0 bridgehead atoms. The minimum Gasteiger partial charge on any atom is -0.508 e. The van der Waals surface area contributed by atoms with Crippen molar-refractivity contribution in [1.82, 2.24) is 4.90 Å². The Kier molecular flexibility index (Phi) is 4.31. The number of phenols is 1. The zero-order valence-corrected chi connectivity index (χ0v) is 9.68. The second-order valence-electron chi connectivity index (χ2n) is 3.76. The summed E-state index contributed by atoms with van der Waals surface area (Å²) in [6, 6.07) is 7.10. The molecule has 0 radical (unpaired) electrons. The van der Waals surface area contributed by atoms with E-state index in [1.165, 1.54) is 0 Å². The van der Waals surface area contributed by atoms with Crippen LogP contribution < -0.4 is 5.73 Å². The number of nitrogens with two attached hydrogens (primary N) is 1. The van der Waals surface area contributed by atoms with Crippen molar-refractivity contribution in [3.05, 3.63) is 29.8 Å². The van der Waals surface area contributed by atoms with Crippen molar-refractivity contribution >= 4 is 5.91 Å².